The number of nitrogens with one attached hydrogen (secondary N) is 2. The van der Waals surface area contributed by atoms with Gasteiger partial charge in [0, 0.05) is 10.6 Å². The molecule has 0 aromatic heterocycles. The fraction of sp³-hybridized carbons (Fsp3) is 0.176. The number of ether oxygens (including phenoxy) is 1. The molecule has 2 rings (SSSR count). The Labute approximate surface area is 149 Å². The predicted octanol–water partition coefficient (Wildman–Crippen LogP) is 3.86. The summed E-state index contributed by atoms with van der Waals surface area (Å²) in [6.07, 6.45) is 0.0492. The Morgan fingerprint density at radius 3 is 2.17 bits per heavy atom. The number of halogens is 2. The Bertz CT molecular complexity index is 746. The van der Waals surface area contributed by atoms with Crippen molar-refractivity contribution in [2.75, 3.05) is 0 Å². The molecule has 5 nitrogen and oxygen atoms in total. The molecule has 0 unspecified atom stereocenters. The average molecular weight is 367 g/mol. The fourth-order valence-corrected chi connectivity index (χ4v) is 2.38. The van der Waals surface area contributed by atoms with Crippen molar-refractivity contribution in [3.8, 4) is 5.75 Å². The maximum atomic E-state index is 12.0. The second-order valence-electron chi connectivity index (χ2n) is 5.22. The molecule has 0 aliphatic heterocycles. The normalized spacial score (nSPS) is 10.4. The molecule has 0 bridgehead atoms. The molecule has 0 saturated heterocycles. The highest BCUT2D eigenvalue weighted by molar-refractivity contribution is 6.36. The summed E-state index contributed by atoms with van der Waals surface area (Å²) in [6, 6.07) is 11.1. The van der Waals surface area contributed by atoms with Crippen LogP contribution in [-0.2, 0) is 0 Å². The molecule has 2 N–H and O–H groups in total. The van der Waals surface area contributed by atoms with Crippen molar-refractivity contribution in [2.24, 2.45) is 0 Å². The Balaban J connectivity index is 1.96. The van der Waals surface area contributed by atoms with E-state index in [1.165, 1.54) is 18.2 Å². The van der Waals surface area contributed by atoms with Crippen molar-refractivity contribution in [1.29, 1.82) is 0 Å². The van der Waals surface area contributed by atoms with Crippen LogP contribution in [0.3, 0.4) is 0 Å². The lowest BCUT2D eigenvalue weighted by molar-refractivity contribution is 0.0846. The van der Waals surface area contributed by atoms with E-state index >= 15 is 0 Å². The first-order valence-electron chi connectivity index (χ1n) is 7.19. The largest absolute Gasteiger partial charge is 0.491 e. The summed E-state index contributed by atoms with van der Waals surface area (Å²) >= 11 is 11.7. The van der Waals surface area contributed by atoms with Gasteiger partial charge < -0.3 is 4.74 Å². The van der Waals surface area contributed by atoms with E-state index in [4.69, 9.17) is 27.9 Å². The Hall–Kier alpha value is -2.24. The number of carbonyl (C=O) groups excluding carboxylic acids is 2. The highest BCUT2D eigenvalue weighted by atomic mass is 35.5. The molecule has 0 spiro atoms. The summed E-state index contributed by atoms with van der Waals surface area (Å²) in [5.41, 5.74) is 5.23. The number of hydrazine groups is 1. The van der Waals surface area contributed by atoms with Crippen molar-refractivity contribution in [3.63, 3.8) is 0 Å². The highest BCUT2D eigenvalue weighted by Crippen LogP contribution is 2.20. The number of benzene rings is 2. The summed E-state index contributed by atoms with van der Waals surface area (Å²) in [5, 5.41) is 0.619. The van der Waals surface area contributed by atoms with Gasteiger partial charge in [-0.2, -0.15) is 0 Å². The van der Waals surface area contributed by atoms with E-state index in [2.05, 4.69) is 10.9 Å². The molecule has 0 fully saturated rings. The van der Waals surface area contributed by atoms with E-state index in [1.807, 2.05) is 13.8 Å². The minimum absolute atomic E-state index is 0.0492. The van der Waals surface area contributed by atoms with E-state index in [9.17, 15) is 9.59 Å². The topological polar surface area (TPSA) is 67.4 Å². The predicted molar refractivity (Wildman–Crippen MR) is 93.6 cm³/mol. The lowest BCUT2D eigenvalue weighted by Gasteiger charge is -2.11. The molecule has 0 saturated carbocycles. The zero-order chi connectivity index (χ0) is 17.7. The van der Waals surface area contributed by atoms with Crippen LogP contribution in [0.1, 0.15) is 34.6 Å². The number of carbonyl (C=O) groups is 2. The van der Waals surface area contributed by atoms with Crippen molar-refractivity contribution in [2.45, 2.75) is 20.0 Å². The van der Waals surface area contributed by atoms with Gasteiger partial charge >= 0.3 is 0 Å². The maximum absolute atomic E-state index is 12.0. The first-order chi connectivity index (χ1) is 11.4. The summed E-state index contributed by atoms with van der Waals surface area (Å²) in [7, 11) is 0. The highest BCUT2D eigenvalue weighted by Gasteiger charge is 2.12. The number of rotatable bonds is 4. The van der Waals surface area contributed by atoms with Gasteiger partial charge in [-0.3, -0.25) is 20.4 Å². The third-order valence-electron chi connectivity index (χ3n) is 2.95. The van der Waals surface area contributed by atoms with Gasteiger partial charge in [0.05, 0.1) is 16.7 Å². The molecule has 0 aliphatic rings. The lowest BCUT2D eigenvalue weighted by atomic mass is 10.2. The molecule has 0 atom stereocenters. The zero-order valence-electron chi connectivity index (χ0n) is 13.1. The first-order valence-corrected chi connectivity index (χ1v) is 7.95. The van der Waals surface area contributed by atoms with Gasteiger partial charge in [0.1, 0.15) is 5.75 Å². The smallest absolute Gasteiger partial charge is 0.271 e. The van der Waals surface area contributed by atoms with Crippen LogP contribution in [0, 0.1) is 0 Å². The third-order valence-corrected chi connectivity index (χ3v) is 3.50. The second-order valence-corrected chi connectivity index (χ2v) is 6.07. The van der Waals surface area contributed by atoms with Crippen molar-refractivity contribution >= 4 is 35.0 Å². The van der Waals surface area contributed by atoms with Crippen LogP contribution >= 0.6 is 23.2 Å². The van der Waals surface area contributed by atoms with Crippen LogP contribution < -0.4 is 15.6 Å². The number of hydrogen-bond acceptors (Lipinski definition) is 3. The van der Waals surface area contributed by atoms with E-state index in [0.717, 1.165) is 0 Å². The number of hydrogen-bond donors (Lipinski definition) is 2. The molecule has 126 valence electrons. The van der Waals surface area contributed by atoms with E-state index in [1.54, 1.807) is 24.3 Å². The average Bonchev–Trinajstić information content (AvgIpc) is 2.52. The minimum atomic E-state index is -0.537. The van der Waals surface area contributed by atoms with Gasteiger partial charge in [-0.05, 0) is 56.3 Å². The second kappa shape index (κ2) is 8.04. The van der Waals surface area contributed by atoms with Gasteiger partial charge in [-0.15, -0.1) is 0 Å². The Morgan fingerprint density at radius 2 is 1.58 bits per heavy atom. The summed E-state index contributed by atoms with van der Waals surface area (Å²) in [4.78, 5) is 24.0. The van der Waals surface area contributed by atoms with Gasteiger partial charge in [0.2, 0.25) is 0 Å². The summed E-state index contributed by atoms with van der Waals surface area (Å²) in [5.74, 6) is -0.326. The van der Waals surface area contributed by atoms with E-state index in [0.29, 0.717) is 16.3 Å². The summed E-state index contributed by atoms with van der Waals surface area (Å²) < 4.78 is 5.50. The Morgan fingerprint density at radius 1 is 0.958 bits per heavy atom. The molecule has 2 aromatic carbocycles. The lowest BCUT2D eigenvalue weighted by Crippen LogP contribution is -2.41. The molecule has 24 heavy (non-hydrogen) atoms. The molecule has 7 heteroatoms. The molecule has 0 heterocycles. The van der Waals surface area contributed by atoms with Crippen LogP contribution in [-0.4, -0.2) is 17.9 Å². The van der Waals surface area contributed by atoms with Gasteiger partial charge in [-0.1, -0.05) is 23.2 Å². The van der Waals surface area contributed by atoms with Gasteiger partial charge in [0.25, 0.3) is 11.8 Å². The summed E-state index contributed by atoms with van der Waals surface area (Å²) in [6.45, 7) is 3.83. The third kappa shape index (κ3) is 4.88. The van der Waals surface area contributed by atoms with Gasteiger partial charge in [0.15, 0.2) is 0 Å². The van der Waals surface area contributed by atoms with E-state index in [-0.39, 0.29) is 16.7 Å². The monoisotopic (exact) mass is 366 g/mol. The number of amides is 2. The Kier molecular flexibility index (Phi) is 6.06. The molecular weight excluding hydrogens is 351 g/mol. The molecule has 2 amide bonds. The van der Waals surface area contributed by atoms with Crippen LogP contribution in [0.25, 0.3) is 0 Å². The van der Waals surface area contributed by atoms with Gasteiger partial charge in [-0.25, -0.2) is 0 Å². The maximum Gasteiger partial charge on any atom is 0.271 e. The molecule has 0 aliphatic carbocycles. The van der Waals surface area contributed by atoms with Crippen LogP contribution in [0.4, 0.5) is 0 Å². The first kappa shape index (κ1) is 18.1. The zero-order valence-corrected chi connectivity index (χ0v) is 14.6. The molecular formula is C17H16Cl2N2O3. The minimum Gasteiger partial charge on any atom is -0.491 e. The SMILES string of the molecule is CC(C)Oc1ccc(C(=O)NNC(=O)c2ccc(Cl)cc2Cl)cc1. The van der Waals surface area contributed by atoms with Crippen molar-refractivity contribution in [1.82, 2.24) is 10.9 Å². The van der Waals surface area contributed by atoms with Crippen molar-refractivity contribution in [3.05, 3.63) is 63.6 Å². The standard InChI is InChI=1S/C17H16Cl2N2O3/c1-10(2)24-13-6-3-11(4-7-13)16(22)20-21-17(23)14-8-5-12(18)9-15(14)19/h3-10H,1-2H3,(H,20,22)(H,21,23). The van der Waals surface area contributed by atoms with E-state index < -0.39 is 11.8 Å². The van der Waals surface area contributed by atoms with Crippen LogP contribution in [0.15, 0.2) is 42.5 Å². The van der Waals surface area contributed by atoms with Crippen LogP contribution in [0.5, 0.6) is 5.75 Å². The van der Waals surface area contributed by atoms with Crippen molar-refractivity contribution < 1.29 is 14.3 Å². The molecule has 2 aromatic rings. The molecule has 0 radical (unpaired) electrons. The fourth-order valence-electron chi connectivity index (χ4n) is 1.88. The quantitative estimate of drug-likeness (QED) is 0.807. The van der Waals surface area contributed by atoms with Crippen LogP contribution in [0.2, 0.25) is 10.0 Å².